The van der Waals surface area contributed by atoms with E-state index in [4.69, 9.17) is 4.74 Å². The number of rotatable bonds is 1. The highest BCUT2D eigenvalue weighted by atomic mass is 16.5. The summed E-state index contributed by atoms with van der Waals surface area (Å²) in [7, 11) is 0. The molecule has 18 heavy (non-hydrogen) atoms. The topological polar surface area (TPSA) is 21.3 Å². The lowest BCUT2D eigenvalue weighted by atomic mass is 9.74. The highest BCUT2D eigenvalue weighted by Crippen LogP contribution is 2.44. The van der Waals surface area contributed by atoms with Crippen molar-refractivity contribution < 1.29 is 4.74 Å². The van der Waals surface area contributed by atoms with Gasteiger partial charge in [-0.05, 0) is 45.4 Å². The summed E-state index contributed by atoms with van der Waals surface area (Å²) in [4.78, 5) is 0. The molecular formula is C16H31NO. The van der Waals surface area contributed by atoms with Gasteiger partial charge in [0.15, 0.2) is 0 Å². The SMILES string of the molecule is CCC1CCCC2(CC1)NCC(C)(C)C(C)(C)O2. The Labute approximate surface area is 113 Å². The normalized spacial score (nSPS) is 39.5. The summed E-state index contributed by atoms with van der Waals surface area (Å²) >= 11 is 0. The largest absolute Gasteiger partial charge is 0.354 e. The van der Waals surface area contributed by atoms with Crippen LogP contribution in [0.3, 0.4) is 0 Å². The molecule has 1 saturated heterocycles. The van der Waals surface area contributed by atoms with Crippen molar-refractivity contribution >= 4 is 0 Å². The van der Waals surface area contributed by atoms with E-state index in [2.05, 4.69) is 39.9 Å². The fourth-order valence-electron chi connectivity index (χ4n) is 3.33. The van der Waals surface area contributed by atoms with Crippen LogP contribution in [0, 0.1) is 11.3 Å². The van der Waals surface area contributed by atoms with Crippen molar-refractivity contribution in [1.82, 2.24) is 5.32 Å². The summed E-state index contributed by atoms with van der Waals surface area (Å²) in [6.45, 7) is 12.5. The van der Waals surface area contributed by atoms with Crippen LogP contribution < -0.4 is 5.32 Å². The van der Waals surface area contributed by atoms with Crippen molar-refractivity contribution in [1.29, 1.82) is 0 Å². The first-order valence-electron chi connectivity index (χ1n) is 7.75. The summed E-state index contributed by atoms with van der Waals surface area (Å²) < 4.78 is 6.58. The van der Waals surface area contributed by atoms with Gasteiger partial charge in [-0.3, -0.25) is 5.32 Å². The molecule has 1 saturated carbocycles. The molecule has 0 aromatic heterocycles. The molecule has 2 nitrogen and oxygen atoms in total. The molecule has 2 rings (SSSR count). The lowest BCUT2D eigenvalue weighted by Gasteiger charge is -2.54. The maximum Gasteiger partial charge on any atom is 0.120 e. The molecule has 0 aromatic carbocycles. The Bertz CT molecular complexity index is 297. The molecule has 1 heterocycles. The van der Waals surface area contributed by atoms with E-state index in [1.807, 2.05) is 0 Å². The smallest absolute Gasteiger partial charge is 0.120 e. The molecule has 0 radical (unpaired) electrons. The Hall–Kier alpha value is -0.0800. The zero-order chi connectivity index (χ0) is 13.4. The lowest BCUT2D eigenvalue weighted by molar-refractivity contribution is -0.240. The second kappa shape index (κ2) is 4.79. The third-order valence-electron chi connectivity index (χ3n) is 5.66. The summed E-state index contributed by atoms with van der Waals surface area (Å²) in [6.07, 6.45) is 7.70. The van der Waals surface area contributed by atoms with Crippen LogP contribution in [0.15, 0.2) is 0 Å². The third-order valence-corrected chi connectivity index (χ3v) is 5.66. The molecule has 1 N–H and O–H groups in total. The van der Waals surface area contributed by atoms with Crippen molar-refractivity contribution in [3.05, 3.63) is 0 Å². The first kappa shape index (κ1) is 14.3. The molecule has 1 aliphatic carbocycles. The Morgan fingerprint density at radius 3 is 2.44 bits per heavy atom. The molecule has 2 aliphatic rings. The van der Waals surface area contributed by atoms with Crippen LogP contribution in [-0.2, 0) is 4.74 Å². The van der Waals surface area contributed by atoms with Gasteiger partial charge >= 0.3 is 0 Å². The van der Waals surface area contributed by atoms with Crippen LogP contribution in [0.5, 0.6) is 0 Å². The van der Waals surface area contributed by atoms with E-state index in [1.165, 1.54) is 38.5 Å². The predicted molar refractivity (Wildman–Crippen MR) is 76.5 cm³/mol. The van der Waals surface area contributed by atoms with Crippen LogP contribution in [0.25, 0.3) is 0 Å². The van der Waals surface area contributed by atoms with Crippen LogP contribution in [0.4, 0.5) is 0 Å². The second-order valence-corrected chi connectivity index (χ2v) is 7.55. The van der Waals surface area contributed by atoms with Gasteiger partial charge in [-0.1, -0.05) is 33.6 Å². The fraction of sp³-hybridized carbons (Fsp3) is 1.00. The zero-order valence-electron chi connectivity index (χ0n) is 12.9. The van der Waals surface area contributed by atoms with Gasteiger partial charge in [0, 0.05) is 12.0 Å². The van der Waals surface area contributed by atoms with Crippen molar-refractivity contribution in [2.45, 2.75) is 84.5 Å². The first-order valence-corrected chi connectivity index (χ1v) is 7.75. The van der Waals surface area contributed by atoms with Gasteiger partial charge < -0.3 is 4.74 Å². The van der Waals surface area contributed by atoms with Crippen molar-refractivity contribution in [2.75, 3.05) is 6.54 Å². The number of ether oxygens (including phenoxy) is 1. The summed E-state index contributed by atoms with van der Waals surface area (Å²) in [5, 5.41) is 3.74. The molecule has 106 valence electrons. The minimum Gasteiger partial charge on any atom is -0.354 e. The van der Waals surface area contributed by atoms with E-state index in [0.717, 1.165) is 12.5 Å². The molecular weight excluding hydrogens is 222 g/mol. The monoisotopic (exact) mass is 253 g/mol. The maximum absolute atomic E-state index is 6.58. The number of hydrogen-bond acceptors (Lipinski definition) is 2. The van der Waals surface area contributed by atoms with Crippen LogP contribution in [-0.4, -0.2) is 17.9 Å². The fourth-order valence-corrected chi connectivity index (χ4v) is 3.33. The van der Waals surface area contributed by atoms with E-state index < -0.39 is 0 Å². The van der Waals surface area contributed by atoms with Gasteiger partial charge in [0.25, 0.3) is 0 Å². The highest BCUT2D eigenvalue weighted by molar-refractivity contribution is 4.99. The van der Waals surface area contributed by atoms with Gasteiger partial charge in [-0.25, -0.2) is 0 Å². The van der Waals surface area contributed by atoms with Gasteiger partial charge in [0.1, 0.15) is 5.72 Å². The van der Waals surface area contributed by atoms with E-state index >= 15 is 0 Å². The highest BCUT2D eigenvalue weighted by Gasteiger charge is 2.50. The Morgan fingerprint density at radius 1 is 1.11 bits per heavy atom. The van der Waals surface area contributed by atoms with Crippen molar-refractivity contribution in [3.8, 4) is 0 Å². The lowest BCUT2D eigenvalue weighted by Crippen LogP contribution is -2.65. The quantitative estimate of drug-likeness (QED) is 0.759. The van der Waals surface area contributed by atoms with E-state index in [1.54, 1.807) is 0 Å². The minimum atomic E-state index is -0.0388. The standard InChI is InChI=1S/C16H31NO/c1-6-13-8-7-10-16(11-9-13)17-12-14(2,3)15(4,5)18-16/h13,17H,6-12H2,1-5H3. The average molecular weight is 253 g/mol. The Morgan fingerprint density at radius 2 is 1.83 bits per heavy atom. The Balaban J connectivity index is 2.09. The summed E-state index contributed by atoms with van der Waals surface area (Å²) in [5.41, 5.74) is 0.127. The zero-order valence-corrected chi connectivity index (χ0v) is 12.9. The first-order chi connectivity index (χ1) is 8.30. The molecule has 0 amide bonds. The van der Waals surface area contributed by atoms with Crippen LogP contribution in [0.1, 0.15) is 73.1 Å². The predicted octanol–water partition coefficient (Wildman–Crippen LogP) is 4.10. The second-order valence-electron chi connectivity index (χ2n) is 7.55. The third kappa shape index (κ3) is 2.60. The van der Waals surface area contributed by atoms with Crippen LogP contribution >= 0.6 is 0 Å². The molecule has 2 fully saturated rings. The van der Waals surface area contributed by atoms with E-state index in [0.29, 0.717) is 0 Å². The van der Waals surface area contributed by atoms with E-state index in [9.17, 15) is 0 Å². The van der Waals surface area contributed by atoms with Gasteiger partial charge in [0.2, 0.25) is 0 Å². The maximum atomic E-state index is 6.58. The summed E-state index contributed by atoms with van der Waals surface area (Å²) in [6, 6.07) is 0. The number of nitrogens with one attached hydrogen (secondary N) is 1. The minimum absolute atomic E-state index is 0.0374. The van der Waals surface area contributed by atoms with Gasteiger partial charge in [-0.15, -0.1) is 0 Å². The number of hydrogen-bond donors (Lipinski definition) is 1. The van der Waals surface area contributed by atoms with Crippen molar-refractivity contribution in [3.63, 3.8) is 0 Å². The summed E-state index contributed by atoms with van der Waals surface area (Å²) in [5.74, 6) is 0.910. The van der Waals surface area contributed by atoms with Gasteiger partial charge in [0.05, 0.1) is 5.60 Å². The molecule has 2 heteroatoms. The molecule has 1 spiro atoms. The van der Waals surface area contributed by atoms with Crippen molar-refractivity contribution in [2.24, 2.45) is 11.3 Å². The van der Waals surface area contributed by atoms with E-state index in [-0.39, 0.29) is 16.7 Å². The Kier molecular flexibility index (Phi) is 3.81. The molecule has 2 atom stereocenters. The molecule has 0 aromatic rings. The molecule has 0 bridgehead atoms. The van der Waals surface area contributed by atoms with Crippen LogP contribution in [0.2, 0.25) is 0 Å². The molecule has 2 unspecified atom stereocenters. The molecule has 1 aliphatic heterocycles. The van der Waals surface area contributed by atoms with Gasteiger partial charge in [-0.2, -0.15) is 0 Å². The average Bonchev–Trinajstić information content (AvgIpc) is 2.47.